The largest absolute Gasteiger partial charge is 0.477 e. The summed E-state index contributed by atoms with van der Waals surface area (Å²) in [4.78, 5) is 19.8. The van der Waals surface area contributed by atoms with E-state index in [9.17, 15) is 4.79 Å². The number of aromatic nitrogens is 2. The van der Waals surface area contributed by atoms with Crippen molar-refractivity contribution < 1.29 is 9.90 Å². The fraction of sp³-hybridized carbons (Fsp3) is 0.250. The van der Waals surface area contributed by atoms with E-state index in [1.165, 1.54) is 11.3 Å². The number of hydrogen-bond acceptors (Lipinski definition) is 4. The fourth-order valence-corrected chi connectivity index (χ4v) is 2.50. The van der Waals surface area contributed by atoms with E-state index in [0.717, 1.165) is 17.0 Å². The molecule has 88 valence electrons. The van der Waals surface area contributed by atoms with Crippen molar-refractivity contribution in [3.63, 3.8) is 0 Å². The second-order valence-corrected chi connectivity index (χ2v) is 4.58. The molecule has 0 atom stereocenters. The van der Waals surface area contributed by atoms with Crippen LogP contribution in [0.3, 0.4) is 0 Å². The second-order valence-electron chi connectivity index (χ2n) is 3.59. The third-order valence-electron chi connectivity index (χ3n) is 2.31. The van der Waals surface area contributed by atoms with Crippen molar-refractivity contribution in [3.05, 3.63) is 35.1 Å². The van der Waals surface area contributed by atoms with E-state index < -0.39 is 5.97 Å². The number of thiazole rings is 1. The predicted octanol–water partition coefficient (Wildman–Crippen LogP) is 2.86. The summed E-state index contributed by atoms with van der Waals surface area (Å²) in [5.41, 5.74) is 1.59. The lowest BCUT2D eigenvalue weighted by molar-refractivity contribution is 0.0700. The fourth-order valence-electron chi connectivity index (χ4n) is 1.54. The summed E-state index contributed by atoms with van der Waals surface area (Å²) in [6, 6.07) is 3.67. The molecule has 0 radical (unpaired) electrons. The molecule has 0 aromatic carbocycles. The molecule has 2 rings (SSSR count). The van der Waals surface area contributed by atoms with E-state index in [2.05, 4.69) is 9.97 Å². The van der Waals surface area contributed by atoms with E-state index >= 15 is 0 Å². The van der Waals surface area contributed by atoms with Gasteiger partial charge >= 0.3 is 5.97 Å². The Morgan fingerprint density at radius 2 is 2.12 bits per heavy atom. The number of carbonyl (C=O) groups is 1. The summed E-state index contributed by atoms with van der Waals surface area (Å²) in [7, 11) is 0. The lowest BCUT2D eigenvalue weighted by Gasteiger charge is -1.93. The maximum Gasteiger partial charge on any atom is 0.347 e. The van der Waals surface area contributed by atoms with Gasteiger partial charge < -0.3 is 5.11 Å². The van der Waals surface area contributed by atoms with E-state index in [0.29, 0.717) is 17.0 Å². The molecule has 0 bridgehead atoms. The molecule has 0 aliphatic carbocycles. The SMILES string of the molecule is CCCc1nc(-c2ccncc2)sc1C(=O)O. The summed E-state index contributed by atoms with van der Waals surface area (Å²) >= 11 is 1.22. The number of nitrogens with zero attached hydrogens (tertiary/aromatic N) is 2. The summed E-state index contributed by atoms with van der Waals surface area (Å²) in [6.07, 6.45) is 4.94. The van der Waals surface area contributed by atoms with Crippen molar-refractivity contribution in [2.45, 2.75) is 19.8 Å². The van der Waals surface area contributed by atoms with Crippen LogP contribution in [-0.2, 0) is 6.42 Å². The Kier molecular flexibility index (Phi) is 3.49. The zero-order valence-corrected chi connectivity index (χ0v) is 10.2. The Morgan fingerprint density at radius 1 is 1.41 bits per heavy atom. The molecule has 5 heteroatoms. The maximum atomic E-state index is 11.1. The monoisotopic (exact) mass is 248 g/mol. The molecular formula is C12H12N2O2S. The molecule has 2 aromatic rings. The van der Waals surface area contributed by atoms with Gasteiger partial charge in [0.1, 0.15) is 9.88 Å². The highest BCUT2D eigenvalue weighted by atomic mass is 32.1. The molecule has 0 saturated heterocycles. The summed E-state index contributed by atoms with van der Waals surface area (Å²) in [5, 5.41) is 9.85. The smallest absolute Gasteiger partial charge is 0.347 e. The topological polar surface area (TPSA) is 63.1 Å². The van der Waals surface area contributed by atoms with Gasteiger partial charge in [0.2, 0.25) is 0 Å². The van der Waals surface area contributed by atoms with Crippen LogP contribution in [0.25, 0.3) is 10.6 Å². The van der Waals surface area contributed by atoms with Crippen LogP contribution in [0.5, 0.6) is 0 Å². The zero-order valence-electron chi connectivity index (χ0n) is 9.38. The normalized spacial score (nSPS) is 10.4. The van der Waals surface area contributed by atoms with Crippen molar-refractivity contribution in [2.24, 2.45) is 0 Å². The van der Waals surface area contributed by atoms with Gasteiger partial charge in [0.25, 0.3) is 0 Å². The highest BCUT2D eigenvalue weighted by Crippen LogP contribution is 2.28. The first kappa shape index (κ1) is 11.7. The predicted molar refractivity (Wildman–Crippen MR) is 66.3 cm³/mol. The molecule has 0 spiro atoms. The Hall–Kier alpha value is -1.75. The van der Waals surface area contributed by atoms with Crippen LogP contribution in [-0.4, -0.2) is 21.0 Å². The van der Waals surface area contributed by atoms with Crippen molar-refractivity contribution in [2.75, 3.05) is 0 Å². The summed E-state index contributed by atoms with van der Waals surface area (Å²) in [6.45, 7) is 2.01. The number of pyridine rings is 1. The van der Waals surface area contributed by atoms with Gasteiger partial charge in [-0.15, -0.1) is 11.3 Å². The molecule has 0 aliphatic rings. The minimum absolute atomic E-state index is 0.346. The second kappa shape index (κ2) is 5.05. The van der Waals surface area contributed by atoms with Crippen LogP contribution >= 0.6 is 11.3 Å². The van der Waals surface area contributed by atoms with Gasteiger partial charge in [-0.25, -0.2) is 9.78 Å². The molecule has 4 nitrogen and oxygen atoms in total. The molecule has 17 heavy (non-hydrogen) atoms. The molecule has 0 saturated carbocycles. The van der Waals surface area contributed by atoms with E-state index in [-0.39, 0.29) is 0 Å². The van der Waals surface area contributed by atoms with E-state index in [4.69, 9.17) is 5.11 Å². The number of aryl methyl sites for hydroxylation is 1. The average Bonchev–Trinajstić information content (AvgIpc) is 2.75. The number of rotatable bonds is 4. The average molecular weight is 248 g/mol. The number of carboxylic acids is 1. The molecule has 2 heterocycles. The Labute approximate surface area is 103 Å². The van der Waals surface area contributed by atoms with E-state index in [1.807, 2.05) is 19.1 Å². The third-order valence-corrected chi connectivity index (χ3v) is 3.44. The van der Waals surface area contributed by atoms with Gasteiger partial charge in [-0.3, -0.25) is 4.98 Å². The number of hydrogen-bond donors (Lipinski definition) is 1. The lowest BCUT2D eigenvalue weighted by Crippen LogP contribution is -1.98. The number of aromatic carboxylic acids is 1. The quantitative estimate of drug-likeness (QED) is 0.903. The summed E-state index contributed by atoms with van der Waals surface area (Å²) in [5.74, 6) is -0.897. The molecule has 0 unspecified atom stereocenters. The van der Waals surface area contributed by atoms with E-state index in [1.54, 1.807) is 12.4 Å². The van der Waals surface area contributed by atoms with Crippen LogP contribution in [0.15, 0.2) is 24.5 Å². The first-order valence-electron chi connectivity index (χ1n) is 5.35. The summed E-state index contributed by atoms with van der Waals surface area (Å²) < 4.78 is 0. The van der Waals surface area contributed by atoms with Gasteiger partial charge in [0.15, 0.2) is 0 Å². The number of carboxylic acid groups (broad SMARTS) is 1. The van der Waals surface area contributed by atoms with Crippen molar-refractivity contribution in [3.8, 4) is 10.6 Å². The first-order chi connectivity index (χ1) is 8.22. The van der Waals surface area contributed by atoms with Crippen LogP contribution < -0.4 is 0 Å². The van der Waals surface area contributed by atoms with Gasteiger partial charge in [-0.05, 0) is 18.6 Å². The minimum Gasteiger partial charge on any atom is -0.477 e. The first-order valence-corrected chi connectivity index (χ1v) is 6.17. The molecule has 2 aromatic heterocycles. The Morgan fingerprint density at radius 3 is 2.71 bits per heavy atom. The molecule has 1 N–H and O–H groups in total. The highest BCUT2D eigenvalue weighted by Gasteiger charge is 2.17. The van der Waals surface area contributed by atoms with Gasteiger partial charge in [-0.2, -0.15) is 0 Å². The van der Waals surface area contributed by atoms with Crippen molar-refractivity contribution >= 4 is 17.3 Å². The third kappa shape index (κ3) is 2.50. The van der Waals surface area contributed by atoms with Gasteiger partial charge in [-0.1, -0.05) is 13.3 Å². The van der Waals surface area contributed by atoms with Gasteiger partial charge in [0, 0.05) is 18.0 Å². The minimum atomic E-state index is -0.897. The highest BCUT2D eigenvalue weighted by molar-refractivity contribution is 7.17. The standard InChI is InChI=1S/C12H12N2O2S/c1-2-3-9-10(12(15)16)17-11(14-9)8-4-6-13-7-5-8/h4-7H,2-3H2,1H3,(H,15,16). The Bertz CT molecular complexity index is 523. The van der Waals surface area contributed by atoms with Crippen molar-refractivity contribution in [1.82, 2.24) is 9.97 Å². The van der Waals surface area contributed by atoms with Crippen LogP contribution in [0.2, 0.25) is 0 Å². The molecular weight excluding hydrogens is 236 g/mol. The van der Waals surface area contributed by atoms with Crippen LogP contribution in [0.1, 0.15) is 28.7 Å². The van der Waals surface area contributed by atoms with Crippen LogP contribution in [0, 0.1) is 0 Å². The molecule has 0 amide bonds. The van der Waals surface area contributed by atoms with Crippen molar-refractivity contribution in [1.29, 1.82) is 0 Å². The maximum absolute atomic E-state index is 11.1. The van der Waals surface area contributed by atoms with Gasteiger partial charge in [0.05, 0.1) is 5.69 Å². The lowest BCUT2D eigenvalue weighted by atomic mass is 10.2. The molecule has 0 aliphatic heterocycles. The zero-order chi connectivity index (χ0) is 12.3. The van der Waals surface area contributed by atoms with Crippen LogP contribution in [0.4, 0.5) is 0 Å². The Balaban J connectivity index is 2.44. The molecule has 0 fully saturated rings.